The van der Waals surface area contributed by atoms with Gasteiger partial charge in [-0.15, -0.1) is 0 Å². The van der Waals surface area contributed by atoms with E-state index in [9.17, 15) is 14.4 Å². The van der Waals surface area contributed by atoms with Gasteiger partial charge in [0.25, 0.3) is 0 Å². The number of hydrogen-bond acceptors (Lipinski definition) is 5. The van der Waals surface area contributed by atoms with Crippen LogP contribution in [0.3, 0.4) is 0 Å². The molecule has 0 N–H and O–H groups in total. The van der Waals surface area contributed by atoms with Crippen molar-refractivity contribution in [2.24, 2.45) is 5.92 Å². The molecule has 0 saturated carbocycles. The van der Waals surface area contributed by atoms with E-state index in [0.29, 0.717) is 26.2 Å². The molecule has 30 heavy (non-hydrogen) atoms. The molecule has 1 aliphatic rings. The van der Waals surface area contributed by atoms with Crippen LogP contribution in [0.2, 0.25) is 0 Å². The number of carbonyl (C=O) groups is 3. The van der Waals surface area contributed by atoms with Gasteiger partial charge < -0.3 is 14.5 Å². The average molecular weight is 409 g/mol. The molecule has 0 aliphatic carbocycles. The molecule has 1 saturated heterocycles. The van der Waals surface area contributed by atoms with E-state index in [4.69, 9.17) is 4.74 Å². The van der Waals surface area contributed by atoms with Crippen LogP contribution in [0.25, 0.3) is 0 Å². The van der Waals surface area contributed by atoms with Gasteiger partial charge in [-0.3, -0.25) is 19.4 Å². The van der Waals surface area contributed by atoms with E-state index in [1.165, 1.54) is 0 Å². The molecule has 0 spiro atoms. The molecule has 7 heteroatoms. The maximum Gasteiger partial charge on any atom is 0.307 e. The van der Waals surface area contributed by atoms with Crippen molar-refractivity contribution < 1.29 is 19.1 Å². The van der Waals surface area contributed by atoms with Gasteiger partial charge in [-0.1, -0.05) is 36.4 Å². The monoisotopic (exact) mass is 409 g/mol. The number of rotatable bonds is 9. The smallest absolute Gasteiger partial charge is 0.307 e. The molecule has 0 radical (unpaired) electrons. The van der Waals surface area contributed by atoms with Crippen LogP contribution in [0.1, 0.15) is 30.9 Å². The first-order chi connectivity index (χ1) is 14.6. The Labute approximate surface area is 176 Å². The van der Waals surface area contributed by atoms with E-state index in [1.54, 1.807) is 29.1 Å². The third-order valence-corrected chi connectivity index (χ3v) is 5.08. The summed E-state index contributed by atoms with van der Waals surface area (Å²) in [6.45, 7) is 3.53. The zero-order valence-electron chi connectivity index (χ0n) is 17.2. The molecule has 1 aromatic carbocycles. The lowest BCUT2D eigenvalue weighted by atomic mass is 10.1. The van der Waals surface area contributed by atoms with Gasteiger partial charge in [0.15, 0.2) is 0 Å². The highest BCUT2D eigenvalue weighted by atomic mass is 16.5. The third-order valence-electron chi connectivity index (χ3n) is 5.08. The molecule has 1 atom stereocenters. The van der Waals surface area contributed by atoms with E-state index < -0.39 is 5.92 Å². The number of pyridine rings is 1. The summed E-state index contributed by atoms with van der Waals surface area (Å²) in [4.78, 5) is 45.0. The lowest BCUT2D eigenvalue weighted by Crippen LogP contribution is -2.38. The average Bonchev–Trinajstić information content (AvgIpc) is 3.12. The van der Waals surface area contributed by atoms with Crippen LogP contribution in [0.5, 0.6) is 0 Å². The fraction of sp³-hybridized carbons (Fsp3) is 0.391. The molecule has 1 aliphatic heterocycles. The van der Waals surface area contributed by atoms with Gasteiger partial charge in [-0.25, -0.2) is 0 Å². The summed E-state index contributed by atoms with van der Waals surface area (Å²) in [6.07, 6.45) is 3.68. The van der Waals surface area contributed by atoms with Gasteiger partial charge in [0.05, 0.1) is 18.9 Å². The summed E-state index contributed by atoms with van der Waals surface area (Å²) in [5, 5.41) is 0. The van der Waals surface area contributed by atoms with Crippen molar-refractivity contribution in [1.29, 1.82) is 0 Å². The van der Waals surface area contributed by atoms with Crippen LogP contribution in [0, 0.1) is 5.92 Å². The zero-order valence-corrected chi connectivity index (χ0v) is 17.2. The first-order valence-electron chi connectivity index (χ1n) is 10.2. The predicted molar refractivity (Wildman–Crippen MR) is 111 cm³/mol. The van der Waals surface area contributed by atoms with Crippen molar-refractivity contribution in [2.45, 2.75) is 32.9 Å². The summed E-state index contributed by atoms with van der Waals surface area (Å²) >= 11 is 0. The van der Waals surface area contributed by atoms with Gasteiger partial charge in [-0.05, 0) is 24.1 Å². The fourth-order valence-corrected chi connectivity index (χ4v) is 3.59. The first-order valence-corrected chi connectivity index (χ1v) is 10.2. The van der Waals surface area contributed by atoms with E-state index in [0.717, 1.165) is 11.1 Å². The van der Waals surface area contributed by atoms with E-state index in [1.807, 2.05) is 42.5 Å². The van der Waals surface area contributed by atoms with Crippen LogP contribution >= 0.6 is 0 Å². The molecule has 1 aromatic heterocycles. The maximum absolute atomic E-state index is 13.2. The zero-order chi connectivity index (χ0) is 21.3. The highest BCUT2D eigenvalue weighted by Gasteiger charge is 2.36. The molecule has 7 nitrogen and oxygen atoms in total. The topological polar surface area (TPSA) is 79.8 Å². The molecule has 158 valence electrons. The van der Waals surface area contributed by atoms with Crippen molar-refractivity contribution in [3.8, 4) is 0 Å². The fourth-order valence-electron chi connectivity index (χ4n) is 3.59. The van der Waals surface area contributed by atoms with E-state index >= 15 is 0 Å². The number of amides is 2. The Balaban J connectivity index is 1.66. The minimum absolute atomic E-state index is 0.0241. The van der Waals surface area contributed by atoms with Crippen LogP contribution in [-0.2, 0) is 32.2 Å². The van der Waals surface area contributed by atoms with Crippen LogP contribution < -0.4 is 0 Å². The number of hydrogen-bond donors (Lipinski definition) is 0. The number of esters is 1. The number of benzene rings is 1. The number of carbonyl (C=O) groups excluding carboxylic acids is 3. The highest BCUT2D eigenvalue weighted by molar-refractivity contribution is 5.89. The molecule has 2 aromatic rings. The maximum atomic E-state index is 13.2. The molecule has 1 unspecified atom stereocenters. The largest absolute Gasteiger partial charge is 0.466 e. The van der Waals surface area contributed by atoms with Crippen molar-refractivity contribution >= 4 is 17.8 Å². The van der Waals surface area contributed by atoms with Gasteiger partial charge in [-0.2, -0.15) is 0 Å². The Hall–Kier alpha value is -3.22. The molecule has 1 fully saturated rings. The Bertz CT molecular complexity index is 857. The Morgan fingerprint density at radius 3 is 2.63 bits per heavy atom. The molecule has 3 rings (SSSR count). The summed E-state index contributed by atoms with van der Waals surface area (Å²) < 4.78 is 5.00. The minimum atomic E-state index is -0.417. The van der Waals surface area contributed by atoms with Gasteiger partial charge in [0.1, 0.15) is 0 Å². The SMILES string of the molecule is CCOC(=O)CCN(Cc1cccnc1)C(=O)C1CC(=O)N(Cc2ccccc2)C1. The third kappa shape index (κ3) is 5.89. The van der Waals surface area contributed by atoms with Crippen LogP contribution in [0.15, 0.2) is 54.9 Å². The van der Waals surface area contributed by atoms with Crippen molar-refractivity contribution in [1.82, 2.24) is 14.8 Å². The molecule has 0 bridgehead atoms. The summed E-state index contributed by atoms with van der Waals surface area (Å²) in [7, 11) is 0. The first kappa shape index (κ1) is 21.5. The lowest BCUT2D eigenvalue weighted by molar-refractivity contribution is -0.144. The van der Waals surface area contributed by atoms with Gasteiger partial charge in [0.2, 0.25) is 11.8 Å². The summed E-state index contributed by atoms with van der Waals surface area (Å²) in [5.41, 5.74) is 1.91. The minimum Gasteiger partial charge on any atom is -0.466 e. The summed E-state index contributed by atoms with van der Waals surface area (Å²) in [6, 6.07) is 13.4. The molecule has 2 amide bonds. The van der Waals surface area contributed by atoms with Crippen molar-refractivity contribution in [3.63, 3.8) is 0 Å². The number of aromatic nitrogens is 1. The van der Waals surface area contributed by atoms with E-state index in [-0.39, 0.29) is 37.2 Å². The number of nitrogens with zero attached hydrogens (tertiary/aromatic N) is 3. The van der Waals surface area contributed by atoms with Crippen LogP contribution in [0.4, 0.5) is 0 Å². The lowest BCUT2D eigenvalue weighted by Gasteiger charge is -2.25. The second-order valence-corrected chi connectivity index (χ2v) is 7.34. The van der Waals surface area contributed by atoms with Crippen LogP contribution in [-0.4, -0.2) is 52.3 Å². The normalized spacial score (nSPS) is 15.8. The predicted octanol–water partition coefficient (Wildman–Crippen LogP) is 2.41. The molecule has 2 heterocycles. The Morgan fingerprint density at radius 1 is 1.17 bits per heavy atom. The molecular formula is C23H27N3O4. The summed E-state index contributed by atoms with van der Waals surface area (Å²) in [5.74, 6) is -0.897. The second-order valence-electron chi connectivity index (χ2n) is 7.34. The van der Waals surface area contributed by atoms with Gasteiger partial charge >= 0.3 is 5.97 Å². The van der Waals surface area contributed by atoms with Crippen molar-refractivity contribution in [2.75, 3.05) is 19.7 Å². The van der Waals surface area contributed by atoms with E-state index in [2.05, 4.69) is 4.98 Å². The molecular weight excluding hydrogens is 382 g/mol. The number of ether oxygens (including phenoxy) is 1. The standard InChI is InChI=1S/C23H27N3O4/c1-2-30-22(28)10-12-25(16-19-9-6-11-24-14-19)23(29)20-13-21(27)26(17-20)15-18-7-4-3-5-8-18/h3-9,11,14,20H,2,10,12-13,15-17H2,1H3. The van der Waals surface area contributed by atoms with Gasteiger partial charge in [0, 0.05) is 45.0 Å². The second kappa shape index (κ2) is 10.5. The Kier molecular flexibility index (Phi) is 7.54. The van der Waals surface area contributed by atoms with Crippen molar-refractivity contribution in [3.05, 3.63) is 66.0 Å². The Morgan fingerprint density at radius 2 is 1.93 bits per heavy atom. The number of likely N-dealkylation sites (tertiary alicyclic amines) is 1. The highest BCUT2D eigenvalue weighted by Crippen LogP contribution is 2.23. The quantitative estimate of drug-likeness (QED) is 0.594.